The van der Waals surface area contributed by atoms with E-state index < -0.39 is 0 Å². The Hall–Kier alpha value is -4.95. The number of rotatable bonds is 7. The van der Waals surface area contributed by atoms with Gasteiger partial charge in [-0.3, -0.25) is 13.9 Å². The molecule has 1 amide bonds. The number of para-hydroxylation sites is 1. The average molecular weight is 565 g/mol. The maximum absolute atomic E-state index is 13.9. The van der Waals surface area contributed by atoms with Crippen molar-refractivity contribution in [2.75, 3.05) is 12.3 Å². The van der Waals surface area contributed by atoms with Crippen LogP contribution in [0.3, 0.4) is 0 Å². The summed E-state index contributed by atoms with van der Waals surface area (Å²) < 4.78 is 9.16. The minimum atomic E-state index is -0.344. The van der Waals surface area contributed by atoms with Crippen molar-refractivity contribution in [3.63, 3.8) is 0 Å². The van der Waals surface area contributed by atoms with Crippen LogP contribution in [0.2, 0.25) is 0 Å². The van der Waals surface area contributed by atoms with E-state index in [0.29, 0.717) is 54.0 Å². The molecule has 0 radical (unpaired) electrons. The lowest BCUT2D eigenvalue weighted by atomic mass is 9.90. The van der Waals surface area contributed by atoms with E-state index in [1.165, 1.54) is 6.33 Å². The minimum Gasteiger partial charge on any atom is -0.457 e. The van der Waals surface area contributed by atoms with Gasteiger partial charge in [-0.2, -0.15) is 5.26 Å². The lowest BCUT2D eigenvalue weighted by molar-refractivity contribution is -0.118. The topological polar surface area (TPSA) is 153 Å². The predicted octanol–water partition coefficient (Wildman–Crippen LogP) is 3.76. The van der Waals surface area contributed by atoms with Crippen molar-refractivity contribution in [3.8, 4) is 23.3 Å². The molecule has 6 rings (SSSR count). The third-order valence-corrected chi connectivity index (χ3v) is 7.98. The molecular formula is C31H32N8O3. The Labute approximate surface area is 242 Å². The maximum atomic E-state index is 13.9. The van der Waals surface area contributed by atoms with Crippen LogP contribution in [-0.2, 0) is 4.79 Å². The van der Waals surface area contributed by atoms with Crippen LogP contribution in [0.15, 0.2) is 77.4 Å². The quantitative estimate of drug-likeness (QED) is 0.227. The normalized spacial score (nSPS) is 20.7. The number of amides is 1. The fraction of sp³-hybridized carbons (Fsp3) is 0.323. The molecule has 4 aromatic rings. The summed E-state index contributed by atoms with van der Waals surface area (Å²) in [7, 11) is 0. The molecule has 2 fully saturated rings. The number of nitriles is 1. The Morgan fingerprint density at radius 3 is 2.48 bits per heavy atom. The molecule has 11 nitrogen and oxygen atoms in total. The Morgan fingerprint density at radius 2 is 1.79 bits per heavy atom. The number of nitrogens with zero attached hydrogens (tertiary/aromatic N) is 5. The number of hydrogen-bond donors (Lipinski definition) is 3. The number of nitrogen functional groups attached to an aromatic ring is 1. The van der Waals surface area contributed by atoms with E-state index >= 15 is 0 Å². The lowest BCUT2D eigenvalue weighted by Gasteiger charge is -2.29. The van der Waals surface area contributed by atoms with Gasteiger partial charge in [-0.05, 0) is 87.5 Å². The molecule has 0 spiro atoms. The number of nitrogens with one attached hydrogen (secondary N) is 2. The zero-order valence-corrected chi connectivity index (χ0v) is 23.1. The standard InChI is InChI=1S/C31H32N8O3/c32-18-20(17-22-5-4-16-34-22)30(40)37-21-8-10-24(11-9-21)39-29-27(28(33)35-19-36-29)38(31(39)41)23-12-14-26(15-13-23)42-25-6-2-1-3-7-25/h1-3,6-7,12-15,17,19,21-22,24,34H,4-5,8-11,16H2,(H,37,40)(H2,33,35,36)/b20-17-/t21?,22-,24?/m0/s1. The molecule has 2 aliphatic rings. The van der Waals surface area contributed by atoms with Gasteiger partial charge >= 0.3 is 5.69 Å². The summed E-state index contributed by atoms with van der Waals surface area (Å²) >= 11 is 0. The number of ether oxygens (including phenoxy) is 1. The van der Waals surface area contributed by atoms with Gasteiger partial charge in [0.05, 0.1) is 5.69 Å². The highest BCUT2D eigenvalue weighted by Gasteiger charge is 2.29. The summed E-state index contributed by atoms with van der Waals surface area (Å²) in [6.45, 7) is 0.895. The van der Waals surface area contributed by atoms with Crippen molar-refractivity contribution in [2.24, 2.45) is 0 Å². The van der Waals surface area contributed by atoms with Crippen LogP contribution in [0.4, 0.5) is 5.82 Å². The highest BCUT2D eigenvalue weighted by molar-refractivity contribution is 5.97. The molecule has 4 N–H and O–H groups in total. The van der Waals surface area contributed by atoms with Gasteiger partial charge in [-0.1, -0.05) is 18.2 Å². The molecule has 1 aliphatic heterocycles. The van der Waals surface area contributed by atoms with Crippen molar-refractivity contribution in [2.45, 2.75) is 56.7 Å². The summed E-state index contributed by atoms with van der Waals surface area (Å²) in [4.78, 5) is 35.3. The molecule has 1 saturated heterocycles. The first-order chi connectivity index (χ1) is 20.5. The van der Waals surface area contributed by atoms with E-state index in [4.69, 9.17) is 10.5 Å². The predicted molar refractivity (Wildman–Crippen MR) is 158 cm³/mol. The summed E-state index contributed by atoms with van der Waals surface area (Å²) in [5, 5.41) is 15.8. The largest absolute Gasteiger partial charge is 0.457 e. The molecule has 1 saturated carbocycles. The second-order valence-corrected chi connectivity index (χ2v) is 10.7. The van der Waals surface area contributed by atoms with E-state index in [1.807, 2.05) is 48.5 Å². The fourth-order valence-corrected chi connectivity index (χ4v) is 5.88. The third-order valence-electron chi connectivity index (χ3n) is 7.98. The van der Waals surface area contributed by atoms with Gasteiger partial charge in [0, 0.05) is 18.1 Å². The van der Waals surface area contributed by atoms with Gasteiger partial charge in [-0.25, -0.2) is 14.8 Å². The van der Waals surface area contributed by atoms with Gasteiger partial charge in [0.2, 0.25) is 0 Å². The van der Waals surface area contributed by atoms with E-state index in [2.05, 4.69) is 20.6 Å². The first kappa shape index (κ1) is 27.2. The van der Waals surface area contributed by atoms with Crippen molar-refractivity contribution in [1.29, 1.82) is 5.26 Å². The molecule has 0 unspecified atom stereocenters. The highest BCUT2D eigenvalue weighted by Crippen LogP contribution is 2.32. The molecule has 2 aromatic carbocycles. The average Bonchev–Trinajstić information content (AvgIpc) is 3.63. The van der Waals surface area contributed by atoms with Gasteiger partial charge in [-0.15, -0.1) is 0 Å². The Kier molecular flexibility index (Phi) is 7.70. The van der Waals surface area contributed by atoms with E-state index in [-0.39, 0.29) is 41.1 Å². The summed E-state index contributed by atoms with van der Waals surface area (Å²) in [5.74, 6) is 1.23. The van der Waals surface area contributed by atoms with Crippen molar-refractivity contribution < 1.29 is 9.53 Å². The number of carbonyl (C=O) groups excluding carboxylic acids is 1. The van der Waals surface area contributed by atoms with Crippen LogP contribution in [0.5, 0.6) is 11.5 Å². The summed E-state index contributed by atoms with van der Waals surface area (Å²) in [6.07, 6.45) is 7.71. The molecular weight excluding hydrogens is 532 g/mol. The van der Waals surface area contributed by atoms with Crippen LogP contribution in [-0.4, -0.2) is 43.6 Å². The van der Waals surface area contributed by atoms with Crippen molar-refractivity contribution in [1.82, 2.24) is 29.7 Å². The first-order valence-corrected chi connectivity index (χ1v) is 14.2. The van der Waals surface area contributed by atoms with E-state index in [9.17, 15) is 14.9 Å². The number of carbonyl (C=O) groups is 1. The van der Waals surface area contributed by atoms with Gasteiger partial charge in [0.1, 0.15) is 35.0 Å². The van der Waals surface area contributed by atoms with Crippen LogP contribution in [0, 0.1) is 11.3 Å². The maximum Gasteiger partial charge on any atom is 0.335 e. The van der Waals surface area contributed by atoms with Gasteiger partial charge in [0.15, 0.2) is 11.5 Å². The monoisotopic (exact) mass is 564 g/mol. The van der Waals surface area contributed by atoms with Crippen LogP contribution < -0.4 is 26.8 Å². The first-order valence-electron chi connectivity index (χ1n) is 14.2. The molecule has 0 bridgehead atoms. The number of aromatic nitrogens is 4. The molecule has 2 aromatic heterocycles. The van der Waals surface area contributed by atoms with Crippen molar-refractivity contribution >= 4 is 22.9 Å². The lowest BCUT2D eigenvalue weighted by Crippen LogP contribution is -2.40. The Bertz CT molecular complexity index is 1710. The second-order valence-electron chi connectivity index (χ2n) is 10.7. The Balaban J connectivity index is 1.21. The van der Waals surface area contributed by atoms with Crippen LogP contribution in [0.1, 0.15) is 44.6 Å². The molecule has 42 heavy (non-hydrogen) atoms. The number of imidazole rings is 1. The minimum absolute atomic E-state index is 0.0624. The number of benzene rings is 2. The molecule has 3 heterocycles. The number of nitrogens with two attached hydrogens (primary N) is 1. The van der Waals surface area contributed by atoms with Gasteiger partial charge < -0.3 is 21.1 Å². The van der Waals surface area contributed by atoms with E-state index in [1.54, 1.807) is 27.3 Å². The molecule has 214 valence electrons. The number of anilines is 1. The van der Waals surface area contributed by atoms with E-state index in [0.717, 1.165) is 19.4 Å². The SMILES string of the molecule is N#C/C(=C/[C@@H]1CCCN1)C(=O)NC1CCC(n2c(=O)n(-c3ccc(Oc4ccccc4)cc3)c3c(N)ncnc32)CC1. The highest BCUT2D eigenvalue weighted by atomic mass is 16.5. The van der Waals surface area contributed by atoms with Crippen LogP contribution >= 0.6 is 0 Å². The smallest absolute Gasteiger partial charge is 0.335 e. The van der Waals surface area contributed by atoms with Gasteiger partial charge in [0.25, 0.3) is 5.91 Å². The zero-order valence-electron chi connectivity index (χ0n) is 23.1. The fourth-order valence-electron chi connectivity index (χ4n) is 5.88. The molecule has 1 aliphatic carbocycles. The van der Waals surface area contributed by atoms with Crippen molar-refractivity contribution in [3.05, 3.63) is 83.1 Å². The molecule has 1 atom stereocenters. The number of fused-ring (bicyclic) bond motifs is 1. The second kappa shape index (κ2) is 11.9. The molecule has 11 heteroatoms. The van der Waals surface area contributed by atoms with Crippen LogP contribution in [0.25, 0.3) is 16.9 Å². The zero-order chi connectivity index (χ0) is 29.1. The summed E-state index contributed by atoms with van der Waals surface area (Å²) in [6, 6.07) is 18.6. The number of hydrogen-bond acceptors (Lipinski definition) is 8. The summed E-state index contributed by atoms with van der Waals surface area (Å²) in [5.41, 5.74) is 7.73. The third kappa shape index (κ3) is 5.49. The Morgan fingerprint density at radius 1 is 1.05 bits per heavy atom.